The van der Waals surface area contributed by atoms with Crippen LogP contribution in [0.4, 0.5) is 0 Å². The van der Waals surface area contributed by atoms with Crippen molar-refractivity contribution in [3.05, 3.63) is 0 Å². The van der Waals surface area contributed by atoms with Crippen LogP contribution in [0.15, 0.2) is 0 Å². The van der Waals surface area contributed by atoms with Gasteiger partial charge in [0.1, 0.15) is 0 Å². The van der Waals surface area contributed by atoms with Gasteiger partial charge in [-0.1, -0.05) is 0 Å². The van der Waals surface area contributed by atoms with E-state index in [2.05, 4.69) is 17.1 Å². The van der Waals surface area contributed by atoms with Crippen molar-refractivity contribution in [2.45, 2.75) is 12.8 Å². The van der Waals surface area contributed by atoms with E-state index in [0.29, 0.717) is 0 Å². The number of nitrogens with one attached hydrogen (secondary N) is 1. The van der Waals surface area contributed by atoms with E-state index in [1.165, 1.54) is 37.4 Å². The highest BCUT2D eigenvalue weighted by Gasteiger charge is 2.27. The van der Waals surface area contributed by atoms with E-state index in [4.69, 9.17) is 0 Å². The van der Waals surface area contributed by atoms with Crippen LogP contribution in [-0.2, 0) is 0 Å². The van der Waals surface area contributed by atoms with Crippen molar-refractivity contribution in [1.29, 1.82) is 0 Å². The monoisotopic (exact) mass is 157 g/mol. The van der Waals surface area contributed by atoms with Crippen molar-refractivity contribution < 1.29 is 0 Å². The Morgan fingerprint density at radius 1 is 1.20 bits per heavy atom. The second-order valence-corrected chi connectivity index (χ2v) is 4.55. The van der Waals surface area contributed by atoms with Crippen molar-refractivity contribution in [1.82, 2.24) is 5.32 Å². The number of fused-ring (bicyclic) bond motifs is 1. The maximum Gasteiger partial charge on any atom is -0.000937 e. The van der Waals surface area contributed by atoms with Gasteiger partial charge in [0, 0.05) is 0 Å². The molecule has 1 N–H and O–H groups in total. The van der Waals surface area contributed by atoms with Crippen molar-refractivity contribution >= 4 is 11.8 Å². The number of hydrogen-bond donors (Lipinski definition) is 1. The molecule has 0 aliphatic carbocycles. The first-order valence-electron chi connectivity index (χ1n) is 4.25. The molecule has 2 aliphatic heterocycles. The summed E-state index contributed by atoms with van der Waals surface area (Å²) >= 11 is 2.15. The molecule has 2 fully saturated rings. The molecule has 2 heterocycles. The van der Waals surface area contributed by atoms with Gasteiger partial charge >= 0.3 is 0 Å². The highest BCUT2D eigenvalue weighted by atomic mass is 32.2. The molecule has 0 aromatic heterocycles. The first kappa shape index (κ1) is 6.99. The van der Waals surface area contributed by atoms with Crippen molar-refractivity contribution in [3.63, 3.8) is 0 Å². The Kier molecular flexibility index (Phi) is 2.19. The summed E-state index contributed by atoms with van der Waals surface area (Å²) in [5.74, 6) is 4.85. The van der Waals surface area contributed by atoms with E-state index in [1.807, 2.05) is 0 Å². The van der Waals surface area contributed by atoms with Crippen LogP contribution in [0.25, 0.3) is 0 Å². The number of hydrogen-bond acceptors (Lipinski definition) is 2. The van der Waals surface area contributed by atoms with Crippen LogP contribution in [-0.4, -0.2) is 24.6 Å². The van der Waals surface area contributed by atoms with Gasteiger partial charge in [-0.3, -0.25) is 0 Å². The summed E-state index contributed by atoms with van der Waals surface area (Å²) in [4.78, 5) is 0. The minimum atomic E-state index is 1.01. The standard InChI is InChI=1S/C8H15NS/c1-2-7-4-9-5-8(7)6-10-3-1/h7-9H,1-6H2. The molecule has 2 unspecified atom stereocenters. The molecule has 2 rings (SSSR count). The minimum absolute atomic E-state index is 1.01. The summed E-state index contributed by atoms with van der Waals surface area (Å²) in [5, 5.41) is 3.48. The molecule has 0 amide bonds. The topological polar surface area (TPSA) is 12.0 Å². The lowest BCUT2D eigenvalue weighted by atomic mass is 9.94. The van der Waals surface area contributed by atoms with Gasteiger partial charge in [-0.25, -0.2) is 0 Å². The van der Waals surface area contributed by atoms with Crippen LogP contribution in [0.1, 0.15) is 12.8 Å². The van der Waals surface area contributed by atoms with Gasteiger partial charge in [0.25, 0.3) is 0 Å². The second-order valence-electron chi connectivity index (χ2n) is 3.40. The molecule has 2 saturated heterocycles. The van der Waals surface area contributed by atoms with Gasteiger partial charge in [0.2, 0.25) is 0 Å². The molecule has 2 heteroatoms. The van der Waals surface area contributed by atoms with E-state index >= 15 is 0 Å². The molecule has 0 aromatic rings. The lowest BCUT2D eigenvalue weighted by Gasteiger charge is -2.12. The fourth-order valence-electron chi connectivity index (χ4n) is 2.00. The van der Waals surface area contributed by atoms with E-state index in [9.17, 15) is 0 Å². The predicted molar refractivity (Wildman–Crippen MR) is 46.4 cm³/mol. The van der Waals surface area contributed by atoms with Crippen LogP contribution >= 0.6 is 11.8 Å². The lowest BCUT2D eigenvalue weighted by Crippen LogP contribution is -2.12. The van der Waals surface area contributed by atoms with Crippen LogP contribution in [0, 0.1) is 11.8 Å². The molecule has 0 spiro atoms. The molecule has 0 radical (unpaired) electrons. The molecular formula is C8H15NS. The van der Waals surface area contributed by atoms with Crippen LogP contribution in [0.5, 0.6) is 0 Å². The Hall–Kier alpha value is 0.310. The Labute approximate surface area is 67.0 Å². The predicted octanol–water partition coefficient (Wildman–Crippen LogP) is 1.35. The quantitative estimate of drug-likeness (QED) is 0.569. The minimum Gasteiger partial charge on any atom is -0.316 e. The van der Waals surface area contributed by atoms with Gasteiger partial charge in [-0.05, 0) is 49.3 Å². The summed E-state index contributed by atoms with van der Waals surface area (Å²) in [5.41, 5.74) is 0. The van der Waals surface area contributed by atoms with Crippen LogP contribution in [0.2, 0.25) is 0 Å². The SMILES string of the molecule is C1CSCC2CNCC2C1. The van der Waals surface area contributed by atoms with Gasteiger partial charge in [0.15, 0.2) is 0 Å². The highest BCUT2D eigenvalue weighted by molar-refractivity contribution is 7.99. The zero-order valence-electron chi connectivity index (χ0n) is 6.31. The first-order chi connectivity index (χ1) is 4.97. The normalized spacial score (nSPS) is 40.8. The molecule has 2 atom stereocenters. The third-order valence-corrected chi connectivity index (χ3v) is 3.92. The van der Waals surface area contributed by atoms with E-state index in [-0.39, 0.29) is 0 Å². The molecular weight excluding hydrogens is 142 g/mol. The lowest BCUT2D eigenvalue weighted by molar-refractivity contribution is 0.433. The van der Waals surface area contributed by atoms with Crippen LogP contribution in [0.3, 0.4) is 0 Å². The Balaban J connectivity index is 1.95. The van der Waals surface area contributed by atoms with Crippen molar-refractivity contribution in [2.24, 2.45) is 11.8 Å². The molecule has 0 saturated carbocycles. The number of rotatable bonds is 0. The second kappa shape index (κ2) is 3.14. The van der Waals surface area contributed by atoms with Crippen molar-refractivity contribution in [3.8, 4) is 0 Å². The largest absolute Gasteiger partial charge is 0.316 e. The van der Waals surface area contributed by atoms with Crippen LogP contribution < -0.4 is 5.32 Å². The van der Waals surface area contributed by atoms with Gasteiger partial charge in [-0.15, -0.1) is 0 Å². The summed E-state index contributed by atoms with van der Waals surface area (Å²) in [6.07, 6.45) is 2.93. The summed E-state index contributed by atoms with van der Waals surface area (Å²) in [6, 6.07) is 0. The molecule has 2 aliphatic rings. The Bertz CT molecular complexity index is 104. The summed E-state index contributed by atoms with van der Waals surface area (Å²) < 4.78 is 0. The number of thioether (sulfide) groups is 1. The molecule has 10 heavy (non-hydrogen) atoms. The third-order valence-electron chi connectivity index (χ3n) is 2.68. The van der Waals surface area contributed by atoms with Gasteiger partial charge in [-0.2, -0.15) is 11.8 Å². The Morgan fingerprint density at radius 2 is 2.10 bits per heavy atom. The fourth-order valence-corrected chi connectivity index (χ4v) is 3.23. The average Bonchev–Trinajstić information content (AvgIpc) is 2.28. The van der Waals surface area contributed by atoms with Gasteiger partial charge in [0.05, 0.1) is 0 Å². The first-order valence-corrected chi connectivity index (χ1v) is 5.41. The zero-order valence-corrected chi connectivity index (χ0v) is 7.12. The van der Waals surface area contributed by atoms with E-state index in [1.54, 1.807) is 0 Å². The maximum absolute atomic E-state index is 3.48. The summed E-state index contributed by atoms with van der Waals surface area (Å²) in [6.45, 7) is 2.59. The average molecular weight is 157 g/mol. The fraction of sp³-hybridized carbons (Fsp3) is 1.00. The molecule has 1 nitrogen and oxygen atoms in total. The van der Waals surface area contributed by atoms with Crippen molar-refractivity contribution in [2.75, 3.05) is 24.6 Å². The molecule has 0 aromatic carbocycles. The van der Waals surface area contributed by atoms with Gasteiger partial charge < -0.3 is 5.32 Å². The third kappa shape index (κ3) is 1.32. The van der Waals surface area contributed by atoms with E-state index < -0.39 is 0 Å². The Morgan fingerprint density at radius 3 is 3.10 bits per heavy atom. The smallest absolute Gasteiger partial charge is 0.000937 e. The summed E-state index contributed by atoms with van der Waals surface area (Å²) in [7, 11) is 0. The molecule has 0 bridgehead atoms. The zero-order chi connectivity index (χ0) is 6.81. The van der Waals surface area contributed by atoms with E-state index in [0.717, 1.165) is 11.8 Å². The highest BCUT2D eigenvalue weighted by Crippen LogP contribution is 2.29. The molecule has 58 valence electrons. The maximum atomic E-state index is 3.48.